The molecule has 0 heterocycles. The quantitative estimate of drug-likeness (QED) is 0.692. The first kappa shape index (κ1) is 18.8. The molecular weight excluding hydrogens is 312 g/mol. The fourth-order valence-corrected chi connectivity index (χ4v) is 2.44. The van der Waals surface area contributed by atoms with Crippen LogP contribution in [-0.4, -0.2) is 11.0 Å². The fourth-order valence-electron chi connectivity index (χ4n) is 2.44. The topological polar surface area (TPSA) is 62.0 Å². The Labute approximate surface area is 149 Å². The highest BCUT2D eigenvalue weighted by Crippen LogP contribution is 2.41. The Morgan fingerprint density at radius 1 is 0.920 bits per heavy atom. The summed E-state index contributed by atoms with van der Waals surface area (Å²) in [6.45, 7) is 12.4. The third kappa shape index (κ3) is 4.53. The van der Waals surface area contributed by atoms with Crippen LogP contribution in [0.15, 0.2) is 52.7 Å². The Morgan fingerprint density at radius 3 is 2.04 bits per heavy atom. The number of carbonyl (C=O) groups excluding carboxylic acids is 1. The summed E-state index contributed by atoms with van der Waals surface area (Å²) in [7, 11) is 0. The average molecular weight is 338 g/mol. The molecular formula is C21H26N2O2. The molecule has 0 aliphatic rings. The van der Waals surface area contributed by atoms with Gasteiger partial charge in [-0.2, -0.15) is 0 Å². The number of amides is 1. The lowest BCUT2D eigenvalue weighted by Crippen LogP contribution is -2.16. The SMILES string of the molecule is CC(C)(C)c1cc(N=NC(=O)c2ccccc2)c(O)c(C(C)(C)C)c1. The minimum Gasteiger partial charge on any atom is -0.505 e. The van der Waals surface area contributed by atoms with Crippen LogP contribution in [0.3, 0.4) is 0 Å². The number of azo groups is 1. The van der Waals surface area contributed by atoms with E-state index >= 15 is 0 Å². The van der Waals surface area contributed by atoms with Gasteiger partial charge >= 0.3 is 0 Å². The van der Waals surface area contributed by atoms with Crippen molar-refractivity contribution in [1.82, 2.24) is 0 Å². The highest BCUT2D eigenvalue weighted by atomic mass is 16.3. The summed E-state index contributed by atoms with van der Waals surface area (Å²) >= 11 is 0. The zero-order valence-corrected chi connectivity index (χ0v) is 15.8. The first-order valence-electron chi connectivity index (χ1n) is 8.39. The molecule has 0 unspecified atom stereocenters. The molecule has 1 N–H and O–H groups in total. The van der Waals surface area contributed by atoms with Gasteiger partial charge in [0.05, 0.1) is 0 Å². The number of nitrogens with zero attached hydrogens (tertiary/aromatic N) is 2. The Balaban J connectivity index is 2.49. The molecule has 0 aliphatic carbocycles. The number of hydrogen-bond donors (Lipinski definition) is 1. The maximum atomic E-state index is 12.2. The Kier molecular flexibility index (Phi) is 5.12. The third-order valence-electron chi connectivity index (χ3n) is 4.03. The van der Waals surface area contributed by atoms with Gasteiger partial charge in [0.2, 0.25) is 0 Å². The van der Waals surface area contributed by atoms with E-state index in [4.69, 9.17) is 0 Å². The van der Waals surface area contributed by atoms with Gasteiger partial charge in [0.25, 0.3) is 5.91 Å². The van der Waals surface area contributed by atoms with Crippen LogP contribution in [0.5, 0.6) is 5.75 Å². The van der Waals surface area contributed by atoms with Gasteiger partial charge < -0.3 is 5.11 Å². The van der Waals surface area contributed by atoms with Gasteiger partial charge in [0, 0.05) is 11.1 Å². The first-order chi connectivity index (χ1) is 11.5. The molecule has 2 aromatic rings. The zero-order valence-electron chi connectivity index (χ0n) is 15.8. The molecule has 0 bridgehead atoms. The van der Waals surface area contributed by atoms with Crippen LogP contribution < -0.4 is 0 Å². The van der Waals surface area contributed by atoms with Crippen molar-refractivity contribution in [2.45, 2.75) is 52.4 Å². The second-order valence-corrected chi connectivity index (χ2v) is 8.26. The van der Waals surface area contributed by atoms with Gasteiger partial charge in [-0.05, 0) is 34.6 Å². The van der Waals surface area contributed by atoms with E-state index in [1.807, 2.05) is 32.9 Å². The van der Waals surface area contributed by atoms with E-state index in [1.165, 1.54) is 0 Å². The minimum atomic E-state index is -0.432. The number of aromatic hydroxyl groups is 1. The van der Waals surface area contributed by atoms with Crippen LogP contribution in [0.25, 0.3) is 0 Å². The molecule has 2 aromatic carbocycles. The van der Waals surface area contributed by atoms with Gasteiger partial charge in [-0.3, -0.25) is 4.79 Å². The number of phenols is 1. The van der Waals surface area contributed by atoms with Crippen LogP contribution in [0, 0.1) is 0 Å². The predicted octanol–water partition coefficient (Wildman–Crippen LogP) is 5.91. The lowest BCUT2D eigenvalue weighted by Gasteiger charge is -2.26. The molecule has 4 heteroatoms. The average Bonchev–Trinajstić information content (AvgIpc) is 2.52. The highest BCUT2D eigenvalue weighted by Gasteiger charge is 2.25. The van der Waals surface area contributed by atoms with E-state index < -0.39 is 5.91 Å². The Bertz CT molecular complexity index is 795. The molecule has 0 atom stereocenters. The molecule has 4 nitrogen and oxygen atoms in total. The maximum Gasteiger partial charge on any atom is 0.295 e. The molecule has 0 aliphatic heterocycles. The number of carbonyl (C=O) groups is 1. The third-order valence-corrected chi connectivity index (χ3v) is 4.03. The number of hydrogen-bond acceptors (Lipinski definition) is 3. The minimum absolute atomic E-state index is 0.0742. The molecule has 0 aromatic heterocycles. The molecule has 0 saturated carbocycles. The molecule has 0 fully saturated rings. The monoisotopic (exact) mass is 338 g/mol. The van der Waals surface area contributed by atoms with Gasteiger partial charge in [0.15, 0.2) is 0 Å². The van der Waals surface area contributed by atoms with E-state index in [9.17, 15) is 9.90 Å². The second-order valence-electron chi connectivity index (χ2n) is 8.26. The molecule has 25 heavy (non-hydrogen) atoms. The fraction of sp³-hybridized carbons (Fsp3) is 0.381. The molecule has 0 spiro atoms. The summed E-state index contributed by atoms with van der Waals surface area (Å²) in [5, 5.41) is 18.5. The van der Waals surface area contributed by atoms with Crippen molar-refractivity contribution >= 4 is 11.6 Å². The van der Waals surface area contributed by atoms with Crippen LogP contribution >= 0.6 is 0 Å². The standard InChI is InChI=1S/C21H26N2O2/c1-20(2,3)15-12-16(21(4,5)6)18(24)17(13-15)22-23-19(25)14-10-8-7-9-11-14/h7-13,24H,1-6H3. The van der Waals surface area contributed by atoms with Gasteiger partial charge in [-0.1, -0.05) is 65.8 Å². The van der Waals surface area contributed by atoms with Crippen molar-refractivity contribution in [3.05, 3.63) is 59.2 Å². The van der Waals surface area contributed by atoms with E-state index in [1.54, 1.807) is 30.3 Å². The van der Waals surface area contributed by atoms with E-state index in [2.05, 4.69) is 31.0 Å². The van der Waals surface area contributed by atoms with Gasteiger partial charge in [-0.15, -0.1) is 10.2 Å². The molecule has 132 valence electrons. The highest BCUT2D eigenvalue weighted by molar-refractivity contribution is 5.94. The number of benzene rings is 2. The van der Waals surface area contributed by atoms with Crippen LogP contribution in [0.1, 0.15) is 63.0 Å². The maximum absolute atomic E-state index is 12.2. The van der Waals surface area contributed by atoms with Crippen LogP contribution in [0.4, 0.5) is 5.69 Å². The number of rotatable bonds is 2. The zero-order chi connectivity index (χ0) is 18.8. The first-order valence-corrected chi connectivity index (χ1v) is 8.39. The smallest absolute Gasteiger partial charge is 0.295 e. The summed E-state index contributed by atoms with van der Waals surface area (Å²) < 4.78 is 0. The van der Waals surface area contributed by atoms with E-state index in [0.29, 0.717) is 11.3 Å². The van der Waals surface area contributed by atoms with Crippen molar-refractivity contribution in [2.75, 3.05) is 0 Å². The van der Waals surface area contributed by atoms with Crippen LogP contribution in [0.2, 0.25) is 0 Å². The Morgan fingerprint density at radius 2 is 1.52 bits per heavy atom. The summed E-state index contributed by atoms with van der Waals surface area (Å²) in [6.07, 6.45) is 0. The van der Waals surface area contributed by atoms with Crippen molar-refractivity contribution in [3.8, 4) is 5.75 Å². The molecule has 2 rings (SSSR count). The summed E-state index contributed by atoms with van der Waals surface area (Å²) in [4.78, 5) is 12.2. The largest absolute Gasteiger partial charge is 0.505 e. The normalized spacial score (nSPS) is 12.6. The molecule has 0 radical (unpaired) electrons. The lowest BCUT2D eigenvalue weighted by atomic mass is 9.80. The van der Waals surface area contributed by atoms with Crippen molar-refractivity contribution in [3.63, 3.8) is 0 Å². The van der Waals surface area contributed by atoms with Crippen molar-refractivity contribution < 1.29 is 9.90 Å². The summed E-state index contributed by atoms with van der Waals surface area (Å²) in [6, 6.07) is 12.6. The molecule has 1 amide bonds. The van der Waals surface area contributed by atoms with Gasteiger partial charge in [-0.25, -0.2) is 0 Å². The second kappa shape index (κ2) is 6.79. The number of phenolic OH excluding ortho intramolecular Hbond substituents is 1. The summed E-state index contributed by atoms with van der Waals surface area (Å²) in [5.41, 5.74) is 2.26. The summed E-state index contributed by atoms with van der Waals surface area (Å²) in [5.74, 6) is -0.358. The van der Waals surface area contributed by atoms with E-state index in [-0.39, 0.29) is 16.6 Å². The lowest BCUT2D eigenvalue weighted by molar-refractivity contribution is 0.0995. The molecule has 0 saturated heterocycles. The Hall–Kier alpha value is -2.49. The van der Waals surface area contributed by atoms with Crippen LogP contribution in [-0.2, 0) is 10.8 Å². The van der Waals surface area contributed by atoms with Crippen molar-refractivity contribution in [1.29, 1.82) is 0 Å². The van der Waals surface area contributed by atoms with Crippen molar-refractivity contribution in [2.24, 2.45) is 10.2 Å². The predicted molar refractivity (Wildman–Crippen MR) is 101 cm³/mol. The van der Waals surface area contributed by atoms with Gasteiger partial charge in [0.1, 0.15) is 11.4 Å². The van der Waals surface area contributed by atoms with E-state index in [0.717, 1.165) is 11.1 Å².